The van der Waals surface area contributed by atoms with Crippen molar-refractivity contribution in [1.82, 2.24) is 5.32 Å². The van der Waals surface area contributed by atoms with E-state index in [0.29, 0.717) is 6.04 Å². The van der Waals surface area contributed by atoms with E-state index in [0.717, 1.165) is 6.54 Å². The van der Waals surface area contributed by atoms with Gasteiger partial charge >= 0.3 is 5.97 Å². The summed E-state index contributed by atoms with van der Waals surface area (Å²) in [6.45, 7) is 2.66. The smallest absolute Gasteiger partial charge is 0.309 e. The van der Waals surface area contributed by atoms with E-state index in [1.165, 1.54) is 45.6 Å². The van der Waals surface area contributed by atoms with Crippen molar-refractivity contribution in [2.24, 2.45) is 5.92 Å². The molecule has 0 aromatic heterocycles. The molecule has 0 unspecified atom stereocenters. The molecule has 1 fully saturated rings. The van der Waals surface area contributed by atoms with Gasteiger partial charge in [0.15, 0.2) is 0 Å². The molecule has 0 aromatic rings. The fourth-order valence-corrected chi connectivity index (χ4v) is 2.11. The molecule has 88 valence electrons. The lowest BCUT2D eigenvalue weighted by atomic mass is 10.1. The van der Waals surface area contributed by atoms with Crippen LogP contribution < -0.4 is 5.32 Å². The lowest BCUT2D eigenvalue weighted by Gasteiger charge is -2.18. The quantitative estimate of drug-likeness (QED) is 0.574. The van der Waals surface area contributed by atoms with Gasteiger partial charge in [0.2, 0.25) is 0 Å². The number of methoxy groups -OCH3 is 1. The molecule has 0 bridgehead atoms. The molecule has 1 saturated carbocycles. The fourth-order valence-electron chi connectivity index (χ4n) is 2.11. The van der Waals surface area contributed by atoms with Crippen molar-refractivity contribution >= 4 is 5.97 Å². The molecule has 0 heterocycles. The van der Waals surface area contributed by atoms with Crippen LogP contribution in [-0.4, -0.2) is 25.7 Å². The molecule has 1 atom stereocenters. The van der Waals surface area contributed by atoms with E-state index >= 15 is 0 Å². The summed E-state index contributed by atoms with van der Waals surface area (Å²) in [4.78, 5) is 11.2. The molecule has 3 nitrogen and oxygen atoms in total. The zero-order chi connectivity index (χ0) is 11.1. The molecule has 0 amide bonds. The van der Waals surface area contributed by atoms with Gasteiger partial charge in [0, 0.05) is 12.6 Å². The Hall–Kier alpha value is -0.570. The van der Waals surface area contributed by atoms with Crippen molar-refractivity contribution in [3.8, 4) is 0 Å². The Bertz CT molecular complexity index is 186. The van der Waals surface area contributed by atoms with Crippen molar-refractivity contribution in [2.75, 3.05) is 13.7 Å². The largest absolute Gasteiger partial charge is 0.469 e. The van der Waals surface area contributed by atoms with Crippen LogP contribution in [-0.2, 0) is 9.53 Å². The Kier molecular flexibility index (Phi) is 5.69. The van der Waals surface area contributed by atoms with Gasteiger partial charge in [0.05, 0.1) is 13.0 Å². The first kappa shape index (κ1) is 12.5. The summed E-state index contributed by atoms with van der Waals surface area (Å²) in [5.74, 6) is -0.144. The van der Waals surface area contributed by atoms with Crippen LogP contribution in [0.5, 0.6) is 0 Å². The highest BCUT2D eigenvalue weighted by Crippen LogP contribution is 2.17. The number of esters is 1. The van der Waals surface area contributed by atoms with Crippen LogP contribution in [0, 0.1) is 5.92 Å². The number of hydrogen-bond acceptors (Lipinski definition) is 3. The number of carbonyl (C=O) groups excluding carboxylic acids is 1. The molecular weight excluding hydrogens is 190 g/mol. The van der Waals surface area contributed by atoms with Crippen LogP contribution in [0.2, 0.25) is 0 Å². The van der Waals surface area contributed by atoms with Crippen molar-refractivity contribution in [2.45, 2.75) is 51.5 Å². The summed E-state index contributed by atoms with van der Waals surface area (Å²) in [6.07, 6.45) is 7.89. The first-order valence-electron chi connectivity index (χ1n) is 6.05. The second-order valence-corrected chi connectivity index (χ2v) is 4.52. The fraction of sp³-hybridized carbons (Fsp3) is 0.917. The Morgan fingerprint density at radius 1 is 1.33 bits per heavy atom. The van der Waals surface area contributed by atoms with Crippen LogP contribution in [0.25, 0.3) is 0 Å². The summed E-state index contributed by atoms with van der Waals surface area (Å²) in [5, 5.41) is 3.48. The third-order valence-corrected chi connectivity index (χ3v) is 3.17. The molecule has 1 rings (SSSR count). The van der Waals surface area contributed by atoms with Crippen molar-refractivity contribution in [1.29, 1.82) is 0 Å². The minimum absolute atomic E-state index is 0.0294. The molecule has 1 aliphatic carbocycles. The second-order valence-electron chi connectivity index (χ2n) is 4.52. The summed E-state index contributed by atoms with van der Waals surface area (Å²) in [5.41, 5.74) is 0. The Labute approximate surface area is 92.6 Å². The normalized spacial score (nSPS) is 20.7. The van der Waals surface area contributed by atoms with E-state index in [2.05, 4.69) is 5.32 Å². The standard InChI is InChI=1S/C12H23NO2/c1-10(12(14)15-2)9-13-11-7-5-3-4-6-8-11/h10-11,13H,3-9H2,1-2H3/t10-/m0/s1. The summed E-state index contributed by atoms with van der Waals surface area (Å²) < 4.78 is 4.70. The van der Waals surface area contributed by atoms with Gasteiger partial charge in [-0.2, -0.15) is 0 Å². The monoisotopic (exact) mass is 213 g/mol. The third-order valence-electron chi connectivity index (χ3n) is 3.17. The summed E-state index contributed by atoms with van der Waals surface area (Å²) in [6, 6.07) is 0.611. The van der Waals surface area contributed by atoms with E-state index in [1.807, 2.05) is 6.92 Å². The Morgan fingerprint density at radius 2 is 1.93 bits per heavy atom. The number of carbonyl (C=O) groups is 1. The van der Waals surface area contributed by atoms with Gasteiger partial charge in [0.25, 0.3) is 0 Å². The first-order valence-corrected chi connectivity index (χ1v) is 6.05. The third kappa shape index (κ3) is 4.65. The molecule has 0 spiro atoms. The van der Waals surface area contributed by atoms with Gasteiger partial charge in [-0.1, -0.05) is 32.6 Å². The van der Waals surface area contributed by atoms with Gasteiger partial charge in [-0.25, -0.2) is 0 Å². The molecule has 1 aliphatic rings. The predicted molar refractivity (Wildman–Crippen MR) is 60.7 cm³/mol. The van der Waals surface area contributed by atoms with E-state index < -0.39 is 0 Å². The number of ether oxygens (including phenoxy) is 1. The molecule has 0 radical (unpaired) electrons. The summed E-state index contributed by atoms with van der Waals surface area (Å²) >= 11 is 0. The van der Waals surface area contributed by atoms with Crippen LogP contribution in [0.15, 0.2) is 0 Å². The molecule has 1 N–H and O–H groups in total. The summed E-state index contributed by atoms with van der Waals surface area (Å²) in [7, 11) is 1.45. The molecule has 0 aliphatic heterocycles. The van der Waals surface area contributed by atoms with Crippen molar-refractivity contribution in [3.05, 3.63) is 0 Å². The number of rotatable bonds is 4. The van der Waals surface area contributed by atoms with E-state index in [9.17, 15) is 4.79 Å². The topological polar surface area (TPSA) is 38.3 Å². The highest BCUT2D eigenvalue weighted by molar-refractivity contribution is 5.72. The lowest BCUT2D eigenvalue weighted by Crippen LogP contribution is -2.35. The highest BCUT2D eigenvalue weighted by Gasteiger charge is 2.16. The average Bonchev–Trinajstić information content (AvgIpc) is 2.53. The minimum Gasteiger partial charge on any atom is -0.469 e. The predicted octanol–water partition coefficient (Wildman–Crippen LogP) is 2.11. The van der Waals surface area contributed by atoms with Gasteiger partial charge in [0.1, 0.15) is 0 Å². The van der Waals surface area contributed by atoms with E-state index in [-0.39, 0.29) is 11.9 Å². The molecular formula is C12H23NO2. The minimum atomic E-state index is -0.115. The van der Waals surface area contributed by atoms with Gasteiger partial charge in [-0.05, 0) is 12.8 Å². The lowest BCUT2D eigenvalue weighted by molar-refractivity contribution is -0.144. The highest BCUT2D eigenvalue weighted by atomic mass is 16.5. The van der Waals surface area contributed by atoms with Crippen LogP contribution in [0.4, 0.5) is 0 Å². The van der Waals surface area contributed by atoms with Gasteiger partial charge < -0.3 is 10.1 Å². The zero-order valence-corrected chi connectivity index (χ0v) is 9.92. The van der Waals surface area contributed by atoms with Crippen LogP contribution in [0.3, 0.4) is 0 Å². The maximum Gasteiger partial charge on any atom is 0.309 e. The zero-order valence-electron chi connectivity index (χ0n) is 9.92. The average molecular weight is 213 g/mol. The van der Waals surface area contributed by atoms with Crippen LogP contribution in [0.1, 0.15) is 45.4 Å². The molecule has 3 heteroatoms. The van der Waals surface area contributed by atoms with Gasteiger partial charge in [-0.15, -0.1) is 0 Å². The molecule has 0 aromatic carbocycles. The van der Waals surface area contributed by atoms with Crippen molar-refractivity contribution in [3.63, 3.8) is 0 Å². The molecule has 15 heavy (non-hydrogen) atoms. The van der Waals surface area contributed by atoms with Crippen LogP contribution >= 0.6 is 0 Å². The first-order chi connectivity index (χ1) is 7.24. The van der Waals surface area contributed by atoms with Crippen molar-refractivity contribution < 1.29 is 9.53 Å². The molecule has 0 saturated heterocycles. The number of nitrogens with one attached hydrogen (secondary N) is 1. The van der Waals surface area contributed by atoms with E-state index in [4.69, 9.17) is 4.74 Å². The number of hydrogen-bond donors (Lipinski definition) is 1. The van der Waals surface area contributed by atoms with Gasteiger partial charge in [-0.3, -0.25) is 4.79 Å². The Morgan fingerprint density at radius 3 is 2.47 bits per heavy atom. The Balaban J connectivity index is 2.19. The van der Waals surface area contributed by atoms with E-state index in [1.54, 1.807) is 0 Å². The maximum absolute atomic E-state index is 11.2. The second kappa shape index (κ2) is 6.83. The SMILES string of the molecule is COC(=O)[C@@H](C)CNC1CCCCCC1. The maximum atomic E-state index is 11.2.